The van der Waals surface area contributed by atoms with Crippen LogP contribution in [0.5, 0.6) is 0 Å². The van der Waals surface area contributed by atoms with Crippen molar-refractivity contribution in [1.29, 1.82) is 0 Å². The van der Waals surface area contributed by atoms with Gasteiger partial charge >= 0.3 is 5.97 Å². The molecule has 426 valence electrons. The average molecular weight is 1020 g/mol. The first-order chi connectivity index (χ1) is 35.2. The van der Waals surface area contributed by atoms with Gasteiger partial charge in [0.15, 0.2) is 6.29 Å². The maximum absolute atomic E-state index is 13.0. The molecule has 11 nitrogen and oxygen atoms in total. The van der Waals surface area contributed by atoms with E-state index in [0.29, 0.717) is 19.4 Å². The number of allylic oxidation sites excluding steroid dienone is 1. The lowest BCUT2D eigenvalue weighted by Crippen LogP contribution is -2.60. The van der Waals surface area contributed by atoms with E-state index in [0.717, 1.165) is 57.8 Å². The first-order valence-electron chi connectivity index (χ1n) is 31.0. The molecule has 7 atom stereocenters. The number of aliphatic hydroxyl groups excluding tert-OH is 5. The van der Waals surface area contributed by atoms with E-state index in [1.807, 2.05) is 6.08 Å². The standard InChI is InChI=1S/C61H117NO10/c1-3-5-7-9-11-13-15-28-31-35-39-43-47-54(64)53(52-71-61-60(69)59(68)58(67)55(51-63)72-61)62-56(65)48-44-40-36-32-29-25-23-21-19-17-16-18-20-22-24-26-30-34-38-42-46-50-70-57(66)49-45-41-37-33-27-14-12-10-8-6-4-2/h43,47,53-55,58-61,63-64,67-69H,3-42,44-46,48-52H2,1-2H3,(H,62,65)/b47-43+. The van der Waals surface area contributed by atoms with E-state index in [9.17, 15) is 35.1 Å². The molecule has 0 saturated carbocycles. The summed E-state index contributed by atoms with van der Waals surface area (Å²) in [4.78, 5) is 25.1. The first-order valence-corrected chi connectivity index (χ1v) is 31.0. The number of esters is 1. The van der Waals surface area contributed by atoms with Crippen LogP contribution in [0.25, 0.3) is 0 Å². The van der Waals surface area contributed by atoms with Crippen LogP contribution in [-0.2, 0) is 23.8 Å². The molecule has 7 unspecified atom stereocenters. The van der Waals surface area contributed by atoms with Gasteiger partial charge in [-0.1, -0.05) is 270 Å². The summed E-state index contributed by atoms with van der Waals surface area (Å²) in [6.45, 7) is 4.35. The third-order valence-corrected chi connectivity index (χ3v) is 14.9. The van der Waals surface area contributed by atoms with E-state index in [1.165, 1.54) is 218 Å². The summed E-state index contributed by atoms with van der Waals surface area (Å²) in [6, 6.07) is -0.809. The molecule has 0 aromatic carbocycles. The van der Waals surface area contributed by atoms with Crippen molar-refractivity contribution in [2.75, 3.05) is 19.8 Å². The van der Waals surface area contributed by atoms with Gasteiger partial charge in [0.1, 0.15) is 24.4 Å². The number of rotatable bonds is 54. The highest BCUT2D eigenvalue weighted by Gasteiger charge is 2.44. The van der Waals surface area contributed by atoms with Gasteiger partial charge < -0.3 is 45.1 Å². The SMILES string of the molecule is CCCCCCCCCCCC/C=C/C(O)C(COC1OC(CO)C(O)C(O)C1O)NC(=O)CCCCCCCCCCCCCCCCCCCCCCCOC(=O)CCCCCCCCCCCCC. The van der Waals surface area contributed by atoms with E-state index in [1.54, 1.807) is 6.08 Å². The molecular formula is C61H117NO10. The van der Waals surface area contributed by atoms with Crippen LogP contribution in [0.15, 0.2) is 12.2 Å². The van der Waals surface area contributed by atoms with Gasteiger partial charge in [0, 0.05) is 12.8 Å². The lowest BCUT2D eigenvalue weighted by atomic mass is 9.99. The Morgan fingerprint density at radius 3 is 1.29 bits per heavy atom. The molecule has 0 aromatic rings. The molecule has 72 heavy (non-hydrogen) atoms. The Hall–Kier alpha value is -1.60. The highest BCUT2D eigenvalue weighted by molar-refractivity contribution is 5.76. The number of nitrogens with one attached hydrogen (secondary N) is 1. The van der Waals surface area contributed by atoms with Crippen LogP contribution in [0.2, 0.25) is 0 Å². The molecule has 11 heteroatoms. The molecule has 0 aromatic heterocycles. The molecule has 0 bridgehead atoms. The molecule has 0 radical (unpaired) electrons. The van der Waals surface area contributed by atoms with Crippen LogP contribution in [0.1, 0.15) is 303 Å². The summed E-state index contributed by atoms with van der Waals surface area (Å²) in [6.07, 6.45) is 50.2. The van der Waals surface area contributed by atoms with Crippen LogP contribution in [0.4, 0.5) is 0 Å². The van der Waals surface area contributed by atoms with Gasteiger partial charge in [-0.05, 0) is 32.1 Å². The van der Waals surface area contributed by atoms with Crippen molar-refractivity contribution >= 4 is 11.9 Å². The minimum absolute atomic E-state index is 0.000960. The largest absolute Gasteiger partial charge is 0.466 e. The second-order valence-electron chi connectivity index (χ2n) is 21.8. The predicted octanol–water partition coefficient (Wildman–Crippen LogP) is 14.3. The molecule has 1 heterocycles. The number of carbonyl (C=O) groups excluding carboxylic acids is 2. The molecule has 0 aliphatic carbocycles. The van der Waals surface area contributed by atoms with Gasteiger partial charge in [0.05, 0.1) is 32.0 Å². The van der Waals surface area contributed by atoms with Gasteiger partial charge in [-0.25, -0.2) is 0 Å². The summed E-state index contributed by atoms with van der Waals surface area (Å²) in [5.41, 5.74) is 0. The van der Waals surface area contributed by atoms with Crippen LogP contribution in [-0.4, -0.2) is 100 Å². The van der Waals surface area contributed by atoms with Crippen molar-refractivity contribution in [2.45, 2.75) is 346 Å². The van der Waals surface area contributed by atoms with E-state index in [-0.39, 0.29) is 18.5 Å². The molecule has 1 aliphatic rings. The second-order valence-corrected chi connectivity index (χ2v) is 21.8. The van der Waals surface area contributed by atoms with Gasteiger partial charge in [0.25, 0.3) is 0 Å². The number of aliphatic hydroxyl groups is 5. The quantitative estimate of drug-likeness (QED) is 0.0195. The van der Waals surface area contributed by atoms with Gasteiger partial charge in [-0.3, -0.25) is 9.59 Å². The van der Waals surface area contributed by atoms with E-state index >= 15 is 0 Å². The highest BCUT2D eigenvalue weighted by atomic mass is 16.7. The van der Waals surface area contributed by atoms with Crippen LogP contribution in [0, 0.1) is 0 Å². The van der Waals surface area contributed by atoms with Crippen molar-refractivity contribution < 1.29 is 49.3 Å². The van der Waals surface area contributed by atoms with Crippen molar-refractivity contribution in [3.05, 3.63) is 12.2 Å². The fourth-order valence-corrected chi connectivity index (χ4v) is 9.97. The van der Waals surface area contributed by atoms with E-state index < -0.39 is 49.5 Å². The number of ether oxygens (including phenoxy) is 3. The minimum atomic E-state index is -1.57. The van der Waals surface area contributed by atoms with Crippen molar-refractivity contribution in [3.63, 3.8) is 0 Å². The minimum Gasteiger partial charge on any atom is -0.466 e. The van der Waals surface area contributed by atoms with Gasteiger partial charge in [-0.2, -0.15) is 0 Å². The third kappa shape index (κ3) is 40.7. The molecule has 1 fully saturated rings. The highest BCUT2D eigenvalue weighted by Crippen LogP contribution is 2.23. The second kappa shape index (κ2) is 51.5. The fraction of sp³-hybridized carbons (Fsp3) is 0.934. The Morgan fingerprint density at radius 1 is 0.500 bits per heavy atom. The number of unbranched alkanes of at least 4 members (excludes halogenated alkanes) is 40. The van der Waals surface area contributed by atoms with E-state index in [2.05, 4.69) is 19.2 Å². The fourth-order valence-electron chi connectivity index (χ4n) is 9.97. The maximum Gasteiger partial charge on any atom is 0.305 e. The van der Waals surface area contributed by atoms with Gasteiger partial charge in [-0.15, -0.1) is 0 Å². The van der Waals surface area contributed by atoms with Crippen LogP contribution >= 0.6 is 0 Å². The molecule has 1 rings (SSSR count). The third-order valence-electron chi connectivity index (χ3n) is 14.9. The average Bonchev–Trinajstić information content (AvgIpc) is 3.38. The summed E-state index contributed by atoms with van der Waals surface area (Å²) in [7, 11) is 0. The lowest BCUT2D eigenvalue weighted by Gasteiger charge is -2.40. The topological polar surface area (TPSA) is 175 Å². The monoisotopic (exact) mass is 1020 g/mol. The maximum atomic E-state index is 13.0. The normalized spacial score (nSPS) is 19.0. The lowest BCUT2D eigenvalue weighted by molar-refractivity contribution is -0.302. The number of carbonyl (C=O) groups is 2. The summed E-state index contributed by atoms with van der Waals surface area (Å²) < 4.78 is 16.7. The zero-order chi connectivity index (χ0) is 52.4. The zero-order valence-corrected chi connectivity index (χ0v) is 46.9. The van der Waals surface area contributed by atoms with Gasteiger partial charge in [0.2, 0.25) is 5.91 Å². The number of hydrogen-bond donors (Lipinski definition) is 6. The molecule has 0 spiro atoms. The summed E-state index contributed by atoms with van der Waals surface area (Å²) in [5, 5.41) is 54.4. The van der Waals surface area contributed by atoms with Crippen molar-refractivity contribution in [2.24, 2.45) is 0 Å². The summed E-state index contributed by atoms with van der Waals surface area (Å²) in [5.74, 6) is -0.182. The Labute approximate surface area is 442 Å². The van der Waals surface area contributed by atoms with Crippen LogP contribution < -0.4 is 5.32 Å². The Morgan fingerprint density at radius 2 is 0.875 bits per heavy atom. The van der Waals surface area contributed by atoms with Crippen LogP contribution in [0.3, 0.4) is 0 Å². The Kier molecular flexibility index (Phi) is 48.9. The Balaban J connectivity index is 2.04. The molecule has 1 saturated heterocycles. The summed E-state index contributed by atoms with van der Waals surface area (Å²) >= 11 is 0. The molecule has 1 amide bonds. The van der Waals surface area contributed by atoms with E-state index in [4.69, 9.17) is 14.2 Å². The molecular weight excluding hydrogens is 907 g/mol. The Bertz CT molecular complexity index is 1200. The van der Waals surface area contributed by atoms with Crippen molar-refractivity contribution in [3.8, 4) is 0 Å². The first kappa shape index (κ1) is 68.4. The molecule has 1 aliphatic heterocycles. The number of amides is 1. The molecule has 6 N–H and O–H groups in total. The smallest absolute Gasteiger partial charge is 0.305 e. The zero-order valence-electron chi connectivity index (χ0n) is 46.9. The number of hydrogen-bond acceptors (Lipinski definition) is 10. The predicted molar refractivity (Wildman–Crippen MR) is 297 cm³/mol. The van der Waals surface area contributed by atoms with Crippen molar-refractivity contribution in [1.82, 2.24) is 5.32 Å².